The SMILES string of the molecule is CCCCc1ccccc1OC(=O)OC(CCCC)c1ccccc1. The Hall–Kier alpha value is -2.29. The standard InChI is InChI=1S/C22H28O3/c1-3-5-12-18-15-10-11-17-21(18)25-22(23)24-20(16-6-4-2)19-13-8-7-9-14-19/h7-11,13-15,17,20H,3-6,12,16H2,1-2H3. The first-order valence-corrected chi connectivity index (χ1v) is 9.25. The van der Waals surface area contributed by atoms with E-state index < -0.39 is 6.16 Å². The first-order chi connectivity index (χ1) is 12.2. The average Bonchev–Trinajstić information content (AvgIpc) is 2.65. The van der Waals surface area contributed by atoms with Crippen molar-refractivity contribution in [1.82, 2.24) is 0 Å². The normalized spacial score (nSPS) is 11.8. The second kappa shape index (κ2) is 10.5. The molecule has 0 N–H and O–H groups in total. The van der Waals surface area contributed by atoms with Gasteiger partial charge >= 0.3 is 6.16 Å². The van der Waals surface area contributed by atoms with Crippen LogP contribution in [0.5, 0.6) is 5.75 Å². The second-order valence-corrected chi connectivity index (χ2v) is 6.22. The molecule has 0 saturated carbocycles. The number of aryl methyl sites for hydroxylation is 1. The van der Waals surface area contributed by atoms with Crippen molar-refractivity contribution < 1.29 is 14.3 Å². The number of unbranched alkanes of at least 4 members (excludes halogenated alkanes) is 2. The number of para-hydroxylation sites is 1. The van der Waals surface area contributed by atoms with Gasteiger partial charge in [0.25, 0.3) is 0 Å². The van der Waals surface area contributed by atoms with Gasteiger partial charge in [-0.1, -0.05) is 75.2 Å². The molecule has 2 aromatic rings. The predicted octanol–water partition coefficient (Wildman–Crippen LogP) is 6.48. The monoisotopic (exact) mass is 340 g/mol. The van der Waals surface area contributed by atoms with Gasteiger partial charge in [-0.2, -0.15) is 0 Å². The van der Waals surface area contributed by atoms with Gasteiger partial charge in [-0.05, 0) is 42.9 Å². The number of ether oxygens (including phenoxy) is 2. The van der Waals surface area contributed by atoms with Gasteiger partial charge in [0, 0.05) is 0 Å². The van der Waals surface area contributed by atoms with E-state index >= 15 is 0 Å². The summed E-state index contributed by atoms with van der Waals surface area (Å²) in [6.45, 7) is 4.28. The predicted molar refractivity (Wildman–Crippen MR) is 101 cm³/mol. The Balaban J connectivity index is 2.04. The molecule has 0 amide bonds. The molecule has 0 aliphatic heterocycles. The highest BCUT2D eigenvalue weighted by atomic mass is 16.7. The fourth-order valence-corrected chi connectivity index (χ4v) is 2.76. The molecule has 0 radical (unpaired) electrons. The van der Waals surface area contributed by atoms with E-state index in [2.05, 4.69) is 13.8 Å². The number of carbonyl (C=O) groups excluding carboxylic acids is 1. The van der Waals surface area contributed by atoms with Crippen molar-refractivity contribution in [3.63, 3.8) is 0 Å². The van der Waals surface area contributed by atoms with E-state index in [1.165, 1.54) is 0 Å². The maximum absolute atomic E-state index is 12.3. The van der Waals surface area contributed by atoms with Crippen molar-refractivity contribution in [2.45, 2.75) is 58.5 Å². The third-order valence-corrected chi connectivity index (χ3v) is 4.20. The molecule has 0 heterocycles. The number of benzene rings is 2. The van der Waals surface area contributed by atoms with Crippen LogP contribution in [0.3, 0.4) is 0 Å². The molecule has 25 heavy (non-hydrogen) atoms. The van der Waals surface area contributed by atoms with Gasteiger partial charge in [-0.3, -0.25) is 0 Å². The Morgan fingerprint density at radius 2 is 1.60 bits per heavy atom. The van der Waals surface area contributed by atoms with Crippen LogP contribution in [0.4, 0.5) is 4.79 Å². The largest absolute Gasteiger partial charge is 0.514 e. The van der Waals surface area contributed by atoms with Gasteiger partial charge in [-0.25, -0.2) is 4.79 Å². The van der Waals surface area contributed by atoms with E-state index in [1.807, 2.05) is 54.6 Å². The molecule has 0 aromatic heterocycles. The fourth-order valence-electron chi connectivity index (χ4n) is 2.76. The summed E-state index contributed by atoms with van der Waals surface area (Å²) in [4.78, 5) is 12.3. The Morgan fingerprint density at radius 1 is 0.920 bits per heavy atom. The first-order valence-electron chi connectivity index (χ1n) is 9.25. The maximum Gasteiger partial charge on any atom is 0.514 e. The highest BCUT2D eigenvalue weighted by molar-refractivity contribution is 5.65. The van der Waals surface area contributed by atoms with Crippen LogP contribution in [0.25, 0.3) is 0 Å². The Morgan fingerprint density at radius 3 is 2.32 bits per heavy atom. The molecular formula is C22H28O3. The minimum atomic E-state index is -0.631. The minimum Gasteiger partial charge on any atom is -0.426 e. The Bertz CT molecular complexity index is 637. The van der Waals surface area contributed by atoms with Gasteiger partial charge in [0.05, 0.1) is 0 Å². The highest BCUT2D eigenvalue weighted by Crippen LogP contribution is 2.26. The van der Waals surface area contributed by atoms with Crippen LogP contribution in [0.2, 0.25) is 0 Å². The van der Waals surface area contributed by atoms with Gasteiger partial charge < -0.3 is 9.47 Å². The number of hydrogen-bond acceptors (Lipinski definition) is 3. The van der Waals surface area contributed by atoms with Crippen LogP contribution in [0.15, 0.2) is 54.6 Å². The lowest BCUT2D eigenvalue weighted by Gasteiger charge is -2.18. The van der Waals surface area contributed by atoms with E-state index in [9.17, 15) is 4.79 Å². The van der Waals surface area contributed by atoms with E-state index in [4.69, 9.17) is 9.47 Å². The molecule has 0 bridgehead atoms. The lowest BCUT2D eigenvalue weighted by atomic mass is 10.0. The topological polar surface area (TPSA) is 35.5 Å². The van der Waals surface area contributed by atoms with Crippen molar-refractivity contribution in [1.29, 1.82) is 0 Å². The second-order valence-electron chi connectivity index (χ2n) is 6.22. The van der Waals surface area contributed by atoms with Crippen molar-refractivity contribution in [3.8, 4) is 5.75 Å². The summed E-state index contributed by atoms with van der Waals surface area (Å²) < 4.78 is 11.2. The molecule has 0 spiro atoms. The molecule has 2 aromatic carbocycles. The third kappa shape index (κ3) is 6.26. The van der Waals surface area contributed by atoms with Crippen LogP contribution in [-0.4, -0.2) is 6.16 Å². The van der Waals surface area contributed by atoms with Gasteiger partial charge in [0.15, 0.2) is 0 Å². The van der Waals surface area contributed by atoms with Crippen LogP contribution < -0.4 is 4.74 Å². The summed E-state index contributed by atoms with van der Waals surface area (Å²) in [5.41, 5.74) is 2.05. The lowest BCUT2D eigenvalue weighted by Crippen LogP contribution is -2.16. The summed E-state index contributed by atoms with van der Waals surface area (Å²) in [6.07, 6.45) is 5.03. The van der Waals surface area contributed by atoms with Crippen LogP contribution in [0, 0.1) is 0 Å². The van der Waals surface area contributed by atoms with Crippen molar-refractivity contribution in [3.05, 3.63) is 65.7 Å². The highest BCUT2D eigenvalue weighted by Gasteiger charge is 2.18. The molecule has 2 rings (SSSR count). The van der Waals surface area contributed by atoms with Gasteiger partial charge in [0.2, 0.25) is 0 Å². The number of rotatable bonds is 9. The zero-order valence-corrected chi connectivity index (χ0v) is 15.2. The summed E-state index contributed by atoms with van der Waals surface area (Å²) in [5, 5.41) is 0. The summed E-state index contributed by atoms with van der Waals surface area (Å²) >= 11 is 0. The van der Waals surface area contributed by atoms with E-state index in [0.29, 0.717) is 5.75 Å². The van der Waals surface area contributed by atoms with Crippen LogP contribution in [0.1, 0.15) is 63.2 Å². The maximum atomic E-state index is 12.3. The van der Waals surface area contributed by atoms with Crippen molar-refractivity contribution in [2.24, 2.45) is 0 Å². The van der Waals surface area contributed by atoms with Crippen molar-refractivity contribution >= 4 is 6.16 Å². The van der Waals surface area contributed by atoms with Crippen molar-refractivity contribution in [2.75, 3.05) is 0 Å². The Kier molecular flexibility index (Phi) is 8.03. The van der Waals surface area contributed by atoms with Gasteiger partial charge in [-0.15, -0.1) is 0 Å². The molecule has 0 aliphatic rings. The molecule has 0 saturated heterocycles. The number of carbonyl (C=O) groups is 1. The fraction of sp³-hybridized carbons (Fsp3) is 0.409. The van der Waals surface area contributed by atoms with E-state index in [-0.39, 0.29) is 6.10 Å². The first kappa shape index (κ1) is 19.0. The summed E-state index contributed by atoms with van der Waals surface area (Å²) in [7, 11) is 0. The quantitative estimate of drug-likeness (QED) is 0.387. The molecular weight excluding hydrogens is 312 g/mol. The zero-order valence-electron chi connectivity index (χ0n) is 15.2. The van der Waals surface area contributed by atoms with E-state index in [1.54, 1.807) is 0 Å². The molecule has 3 nitrogen and oxygen atoms in total. The molecule has 0 aliphatic carbocycles. The molecule has 1 unspecified atom stereocenters. The van der Waals surface area contributed by atoms with E-state index in [0.717, 1.165) is 49.7 Å². The number of hydrogen-bond donors (Lipinski definition) is 0. The lowest BCUT2D eigenvalue weighted by molar-refractivity contribution is 0.0527. The molecule has 3 heteroatoms. The Labute approximate surface area is 151 Å². The summed E-state index contributed by atoms with van der Waals surface area (Å²) in [6, 6.07) is 17.5. The smallest absolute Gasteiger partial charge is 0.426 e. The van der Waals surface area contributed by atoms with Crippen LogP contribution in [-0.2, 0) is 11.2 Å². The third-order valence-electron chi connectivity index (χ3n) is 4.20. The van der Waals surface area contributed by atoms with Crippen LogP contribution >= 0.6 is 0 Å². The van der Waals surface area contributed by atoms with Gasteiger partial charge in [0.1, 0.15) is 11.9 Å². The molecule has 0 fully saturated rings. The average molecular weight is 340 g/mol. The zero-order chi connectivity index (χ0) is 17.9. The summed E-state index contributed by atoms with van der Waals surface area (Å²) in [5.74, 6) is 0.600. The molecule has 134 valence electrons. The molecule has 1 atom stereocenters. The minimum absolute atomic E-state index is 0.267.